The van der Waals surface area contributed by atoms with Crippen molar-refractivity contribution in [2.24, 2.45) is 16.2 Å². The largest absolute Gasteiger partial charge is 0.469 e. The van der Waals surface area contributed by atoms with Crippen LogP contribution in [0.15, 0.2) is 39.5 Å². The van der Waals surface area contributed by atoms with E-state index in [9.17, 15) is 14.4 Å². The zero-order valence-corrected chi connectivity index (χ0v) is 16.5. The van der Waals surface area contributed by atoms with E-state index in [1.165, 1.54) is 13.2 Å². The molecule has 6 heteroatoms. The normalized spacial score (nSPS) is 30.4. The van der Waals surface area contributed by atoms with E-state index in [2.05, 4.69) is 0 Å². The third kappa shape index (κ3) is 2.23. The van der Waals surface area contributed by atoms with Gasteiger partial charge in [0, 0.05) is 17.2 Å². The van der Waals surface area contributed by atoms with Gasteiger partial charge in [-0.25, -0.2) is 9.59 Å². The summed E-state index contributed by atoms with van der Waals surface area (Å²) < 4.78 is 16.2. The molecule has 0 saturated heterocycles. The molecule has 1 aromatic carbocycles. The van der Waals surface area contributed by atoms with Crippen molar-refractivity contribution in [3.63, 3.8) is 0 Å². The van der Waals surface area contributed by atoms with Crippen LogP contribution in [-0.2, 0) is 14.3 Å². The molecule has 0 spiro atoms. The lowest BCUT2D eigenvalue weighted by atomic mass is 9.65. The number of fused-ring (bicyclic) bond motifs is 3. The maximum absolute atomic E-state index is 12.8. The average molecular weight is 384 g/mol. The molecule has 2 aromatic rings. The summed E-state index contributed by atoms with van der Waals surface area (Å²) in [6.45, 7) is 6.12. The van der Waals surface area contributed by atoms with Crippen molar-refractivity contribution in [1.82, 2.24) is 0 Å². The quantitative estimate of drug-likeness (QED) is 0.593. The molecule has 2 bridgehead atoms. The van der Waals surface area contributed by atoms with Gasteiger partial charge < -0.3 is 13.9 Å². The van der Waals surface area contributed by atoms with E-state index in [-0.39, 0.29) is 16.9 Å². The van der Waals surface area contributed by atoms with Crippen LogP contribution in [0.4, 0.5) is 0 Å². The Kier molecular flexibility index (Phi) is 3.97. The van der Waals surface area contributed by atoms with Gasteiger partial charge in [-0.2, -0.15) is 0 Å². The van der Waals surface area contributed by atoms with Gasteiger partial charge in [-0.15, -0.1) is 0 Å². The fourth-order valence-electron chi connectivity index (χ4n) is 5.31. The first-order chi connectivity index (χ1) is 13.2. The molecule has 2 aliphatic carbocycles. The van der Waals surface area contributed by atoms with Crippen LogP contribution >= 0.6 is 0 Å². The van der Waals surface area contributed by atoms with Gasteiger partial charge in [0.05, 0.1) is 12.5 Å². The summed E-state index contributed by atoms with van der Waals surface area (Å²) in [5.41, 5.74) is -1.90. The smallest absolute Gasteiger partial charge is 0.351 e. The van der Waals surface area contributed by atoms with Crippen LogP contribution in [-0.4, -0.2) is 25.2 Å². The molecular formula is C22H24O6. The molecular weight excluding hydrogens is 360 g/mol. The van der Waals surface area contributed by atoms with E-state index in [1.54, 1.807) is 24.3 Å². The second-order valence-electron chi connectivity index (χ2n) is 8.70. The monoisotopic (exact) mass is 384 g/mol. The minimum Gasteiger partial charge on any atom is -0.469 e. The number of ether oxygens (including phenoxy) is 2. The van der Waals surface area contributed by atoms with Crippen LogP contribution in [0, 0.1) is 16.2 Å². The van der Waals surface area contributed by atoms with Gasteiger partial charge in [-0.05, 0) is 30.4 Å². The first kappa shape index (κ1) is 18.7. The van der Waals surface area contributed by atoms with E-state index < -0.39 is 28.5 Å². The minimum absolute atomic E-state index is 0.130. The van der Waals surface area contributed by atoms with Crippen LogP contribution in [0.25, 0.3) is 11.0 Å². The van der Waals surface area contributed by atoms with E-state index >= 15 is 0 Å². The van der Waals surface area contributed by atoms with Crippen molar-refractivity contribution < 1.29 is 23.5 Å². The molecule has 0 aliphatic heterocycles. The summed E-state index contributed by atoms with van der Waals surface area (Å²) in [6, 6.07) is 8.50. The van der Waals surface area contributed by atoms with Crippen molar-refractivity contribution in [2.45, 2.75) is 46.1 Å². The Bertz CT molecular complexity index is 1030. The minimum atomic E-state index is -0.723. The summed E-state index contributed by atoms with van der Waals surface area (Å²) in [4.78, 5) is 37.8. The fourth-order valence-corrected chi connectivity index (χ4v) is 5.31. The van der Waals surface area contributed by atoms with E-state index in [4.69, 9.17) is 13.9 Å². The second kappa shape index (κ2) is 5.93. The van der Waals surface area contributed by atoms with E-state index in [0.717, 1.165) is 6.42 Å². The van der Waals surface area contributed by atoms with Gasteiger partial charge in [0.2, 0.25) is 0 Å². The van der Waals surface area contributed by atoms with E-state index in [0.29, 0.717) is 23.8 Å². The van der Waals surface area contributed by atoms with Crippen molar-refractivity contribution in [1.29, 1.82) is 0 Å². The number of rotatable bonds is 3. The lowest BCUT2D eigenvalue weighted by Gasteiger charge is -2.39. The molecule has 2 saturated carbocycles. The number of hydrogen-bond donors (Lipinski definition) is 0. The SMILES string of the molecule is COC(=O)[C@@]12CC[C@@](C)([C@H](OC(=O)c3cc4ccccc4oc3=O)C1)C2(C)C. The summed E-state index contributed by atoms with van der Waals surface area (Å²) in [5.74, 6) is -0.973. The molecule has 0 N–H and O–H groups in total. The summed E-state index contributed by atoms with van der Waals surface area (Å²) in [5, 5.41) is 0.652. The van der Waals surface area contributed by atoms with Crippen molar-refractivity contribution in [2.75, 3.05) is 7.11 Å². The highest BCUT2D eigenvalue weighted by atomic mass is 16.5. The molecule has 0 unspecified atom stereocenters. The number of carbonyl (C=O) groups excluding carboxylic acids is 2. The number of para-hydroxylation sites is 1. The zero-order valence-electron chi connectivity index (χ0n) is 16.5. The van der Waals surface area contributed by atoms with Gasteiger partial charge in [0.25, 0.3) is 0 Å². The third-order valence-electron chi connectivity index (χ3n) is 7.63. The van der Waals surface area contributed by atoms with Gasteiger partial charge in [-0.3, -0.25) is 4.79 Å². The summed E-state index contributed by atoms with van der Waals surface area (Å²) in [7, 11) is 1.39. The van der Waals surface area contributed by atoms with Crippen LogP contribution in [0.1, 0.15) is 50.4 Å². The van der Waals surface area contributed by atoms with Crippen molar-refractivity contribution >= 4 is 22.9 Å². The Morgan fingerprint density at radius 2 is 1.86 bits per heavy atom. The topological polar surface area (TPSA) is 82.8 Å². The number of benzene rings is 1. The molecule has 28 heavy (non-hydrogen) atoms. The van der Waals surface area contributed by atoms with Gasteiger partial charge >= 0.3 is 17.6 Å². The molecule has 2 aliphatic rings. The Balaban J connectivity index is 1.67. The second-order valence-corrected chi connectivity index (χ2v) is 8.70. The Labute approximate surface area is 162 Å². The molecule has 1 heterocycles. The third-order valence-corrected chi connectivity index (χ3v) is 7.63. The molecule has 0 radical (unpaired) electrons. The van der Waals surface area contributed by atoms with Gasteiger partial charge in [-0.1, -0.05) is 39.0 Å². The van der Waals surface area contributed by atoms with Crippen LogP contribution in [0.5, 0.6) is 0 Å². The number of methoxy groups -OCH3 is 1. The predicted octanol–water partition coefficient (Wildman–Crippen LogP) is 3.71. The number of hydrogen-bond acceptors (Lipinski definition) is 6. The Hall–Kier alpha value is -2.63. The molecule has 1 aromatic heterocycles. The first-order valence-corrected chi connectivity index (χ1v) is 9.49. The van der Waals surface area contributed by atoms with Gasteiger partial charge in [0.15, 0.2) is 0 Å². The van der Waals surface area contributed by atoms with Gasteiger partial charge in [0.1, 0.15) is 17.3 Å². The molecule has 3 atom stereocenters. The van der Waals surface area contributed by atoms with Crippen LogP contribution in [0.2, 0.25) is 0 Å². The predicted molar refractivity (Wildman–Crippen MR) is 102 cm³/mol. The maximum Gasteiger partial charge on any atom is 0.351 e. The highest BCUT2D eigenvalue weighted by Crippen LogP contribution is 2.73. The Morgan fingerprint density at radius 3 is 2.57 bits per heavy atom. The van der Waals surface area contributed by atoms with Crippen LogP contribution < -0.4 is 5.63 Å². The first-order valence-electron chi connectivity index (χ1n) is 9.49. The zero-order chi connectivity index (χ0) is 20.3. The molecule has 4 rings (SSSR count). The number of carbonyl (C=O) groups is 2. The molecule has 0 amide bonds. The fraction of sp³-hybridized carbons (Fsp3) is 0.500. The lowest BCUT2D eigenvalue weighted by molar-refractivity contribution is -0.158. The van der Waals surface area contributed by atoms with Crippen molar-refractivity contribution in [3.05, 3.63) is 46.3 Å². The molecule has 6 nitrogen and oxygen atoms in total. The average Bonchev–Trinajstić information content (AvgIpc) is 2.97. The maximum atomic E-state index is 12.8. The summed E-state index contributed by atoms with van der Waals surface area (Å²) in [6.07, 6.45) is 1.37. The summed E-state index contributed by atoms with van der Waals surface area (Å²) >= 11 is 0. The molecule has 148 valence electrons. The molecule has 2 fully saturated rings. The Morgan fingerprint density at radius 1 is 1.14 bits per heavy atom. The number of esters is 2. The van der Waals surface area contributed by atoms with E-state index in [1.807, 2.05) is 20.8 Å². The standard InChI is InChI=1S/C22H24O6/c1-20(2)21(3)9-10-22(20,19(25)26-4)12-16(21)28-18(24)14-11-13-7-5-6-8-15(13)27-17(14)23/h5-8,11,16H,9-10,12H2,1-4H3/t16-,21+,22-/m1/s1. The highest BCUT2D eigenvalue weighted by Gasteiger charge is 2.74. The highest BCUT2D eigenvalue weighted by molar-refractivity contribution is 5.93. The van der Waals surface area contributed by atoms with Crippen molar-refractivity contribution in [3.8, 4) is 0 Å². The lowest BCUT2D eigenvalue weighted by Crippen LogP contribution is -2.41. The van der Waals surface area contributed by atoms with Crippen LogP contribution in [0.3, 0.4) is 0 Å².